The molecule has 0 radical (unpaired) electrons. The average molecular weight is 317 g/mol. The molecule has 4 bridgehead atoms. The molecule has 6 nitrogen and oxygen atoms in total. The van der Waals surface area contributed by atoms with Crippen molar-refractivity contribution >= 4 is 27.3 Å². The van der Waals surface area contributed by atoms with Gasteiger partial charge in [0.05, 0.1) is 5.41 Å². The highest BCUT2D eigenvalue weighted by Gasteiger charge is 2.54. The molecular weight excluding hydrogens is 298 g/mol. The highest BCUT2D eigenvalue weighted by Crippen LogP contribution is 2.60. The maximum absolute atomic E-state index is 13.0. The smallest absolute Gasteiger partial charge is 0.236 e. The summed E-state index contributed by atoms with van der Waals surface area (Å²) in [6.07, 6.45) is 7.28. The molecule has 0 unspecified atom stereocenters. The number of fused-ring (bicyclic) bond motifs is 1. The summed E-state index contributed by atoms with van der Waals surface area (Å²) in [6.45, 7) is 1.87. The lowest BCUT2D eigenvalue weighted by atomic mass is 9.49. The van der Waals surface area contributed by atoms with Crippen molar-refractivity contribution in [3.8, 4) is 0 Å². The number of anilines is 1. The molecule has 1 N–H and O–H groups in total. The second-order valence-electron chi connectivity index (χ2n) is 7.50. The zero-order valence-corrected chi connectivity index (χ0v) is 13.4. The van der Waals surface area contributed by atoms with Crippen LogP contribution in [0.4, 0.5) is 5.13 Å². The van der Waals surface area contributed by atoms with E-state index in [1.165, 1.54) is 30.6 Å². The van der Waals surface area contributed by atoms with Crippen LogP contribution in [0.2, 0.25) is 0 Å². The lowest BCUT2D eigenvalue weighted by molar-refractivity contribution is -0.140. The van der Waals surface area contributed by atoms with Crippen LogP contribution in [0, 0.1) is 30.1 Å². The third-order valence-corrected chi connectivity index (χ3v) is 6.70. The van der Waals surface area contributed by atoms with Crippen molar-refractivity contribution in [1.29, 1.82) is 0 Å². The molecule has 2 aromatic heterocycles. The Balaban J connectivity index is 1.42. The highest BCUT2D eigenvalue weighted by atomic mass is 32.1. The maximum Gasteiger partial charge on any atom is 0.236 e. The zero-order chi connectivity index (χ0) is 14.9. The molecular formula is C15H19N5OS. The monoisotopic (exact) mass is 317 g/mol. The summed E-state index contributed by atoms with van der Waals surface area (Å²) < 4.78 is 1.69. The van der Waals surface area contributed by atoms with Crippen LogP contribution in [0.15, 0.2) is 0 Å². The first-order valence-electron chi connectivity index (χ1n) is 8.12. The predicted octanol–water partition coefficient (Wildman–Crippen LogP) is 2.65. The largest absolute Gasteiger partial charge is 0.300 e. The quantitative estimate of drug-likeness (QED) is 0.924. The first-order valence-corrected chi connectivity index (χ1v) is 8.93. The summed E-state index contributed by atoms with van der Waals surface area (Å²) in [5.74, 6) is 3.27. The molecule has 7 heteroatoms. The summed E-state index contributed by atoms with van der Waals surface area (Å²) in [7, 11) is 0. The Labute approximate surface area is 132 Å². The van der Waals surface area contributed by atoms with Crippen LogP contribution in [0.25, 0.3) is 4.96 Å². The van der Waals surface area contributed by atoms with Crippen LogP contribution >= 0.6 is 11.3 Å². The number of amides is 1. The lowest BCUT2D eigenvalue weighted by Gasteiger charge is -2.55. The van der Waals surface area contributed by atoms with Gasteiger partial charge in [-0.15, -0.1) is 15.3 Å². The minimum absolute atomic E-state index is 0.129. The van der Waals surface area contributed by atoms with E-state index in [0.29, 0.717) is 5.13 Å². The molecule has 2 aromatic rings. The Kier molecular flexibility index (Phi) is 2.52. The molecule has 0 spiro atoms. The van der Waals surface area contributed by atoms with Gasteiger partial charge in [0.1, 0.15) is 0 Å². The number of hydrogen-bond acceptors (Lipinski definition) is 5. The Morgan fingerprint density at radius 3 is 2.41 bits per heavy atom. The van der Waals surface area contributed by atoms with E-state index >= 15 is 0 Å². The van der Waals surface area contributed by atoms with Crippen LogP contribution in [0.3, 0.4) is 0 Å². The molecule has 0 atom stereocenters. The summed E-state index contributed by atoms with van der Waals surface area (Å²) in [5, 5.41) is 16.2. The normalized spacial score (nSPS) is 36.1. The van der Waals surface area contributed by atoms with Gasteiger partial charge in [-0.2, -0.15) is 4.52 Å². The molecule has 4 aliphatic carbocycles. The van der Waals surface area contributed by atoms with Crippen molar-refractivity contribution in [2.24, 2.45) is 23.2 Å². The molecule has 6 rings (SSSR count). The molecule has 22 heavy (non-hydrogen) atoms. The zero-order valence-electron chi connectivity index (χ0n) is 12.6. The number of rotatable bonds is 2. The Morgan fingerprint density at radius 1 is 1.18 bits per heavy atom. The van der Waals surface area contributed by atoms with Gasteiger partial charge in [-0.1, -0.05) is 11.3 Å². The second-order valence-corrected chi connectivity index (χ2v) is 8.46. The number of nitrogens with one attached hydrogen (secondary N) is 1. The van der Waals surface area contributed by atoms with Gasteiger partial charge < -0.3 is 5.32 Å². The van der Waals surface area contributed by atoms with Gasteiger partial charge in [-0.25, -0.2) is 0 Å². The van der Waals surface area contributed by atoms with Crippen molar-refractivity contribution in [2.75, 3.05) is 5.32 Å². The van der Waals surface area contributed by atoms with Gasteiger partial charge in [-0.3, -0.25) is 4.79 Å². The van der Waals surface area contributed by atoms with Gasteiger partial charge in [0.25, 0.3) is 0 Å². The maximum atomic E-state index is 13.0. The third kappa shape index (κ3) is 1.77. The van der Waals surface area contributed by atoms with E-state index in [1.54, 1.807) is 4.52 Å². The van der Waals surface area contributed by atoms with Crippen LogP contribution in [-0.4, -0.2) is 25.7 Å². The molecule has 2 heterocycles. The summed E-state index contributed by atoms with van der Waals surface area (Å²) >= 11 is 1.40. The van der Waals surface area contributed by atoms with E-state index in [1.807, 2.05) is 6.92 Å². The molecule has 4 aliphatic rings. The standard InChI is InChI=1S/C15H19N5OS/c1-8-17-18-14-20(8)19-13(22-14)16-12(21)15-5-9-2-10(6-15)4-11(3-9)7-15/h9-11H,2-7H2,1H3,(H,16,19,21). The Bertz CT molecular complexity index is 728. The molecule has 1 amide bonds. The van der Waals surface area contributed by atoms with E-state index in [0.717, 1.165) is 47.8 Å². The van der Waals surface area contributed by atoms with Crippen molar-refractivity contribution in [1.82, 2.24) is 19.8 Å². The van der Waals surface area contributed by atoms with E-state index in [9.17, 15) is 4.79 Å². The number of nitrogens with zero attached hydrogens (tertiary/aromatic N) is 4. The summed E-state index contributed by atoms with van der Waals surface area (Å²) in [5.41, 5.74) is -0.129. The van der Waals surface area contributed by atoms with Gasteiger partial charge in [0.15, 0.2) is 5.82 Å². The molecule has 116 valence electrons. The number of aryl methyl sites for hydroxylation is 1. The minimum atomic E-state index is -0.129. The van der Waals surface area contributed by atoms with Gasteiger partial charge in [0, 0.05) is 0 Å². The van der Waals surface area contributed by atoms with E-state index in [4.69, 9.17) is 0 Å². The fourth-order valence-corrected chi connectivity index (χ4v) is 6.16. The fourth-order valence-electron chi connectivity index (χ4n) is 5.38. The molecule has 4 saturated carbocycles. The second kappa shape index (κ2) is 4.28. The number of carbonyl (C=O) groups excluding carboxylic acids is 1. The van der Waals surface area contributed by atoms with Crippen molar-refractivity contribution in [3.63, 3.8) is 0 Å². The minimum Gasteiger partial charge on any atom is -0.300 e. The summed E-state index contributed by atoms with van der Waals surface area (Å²) in [4.78, 5) is 13.7. The Hall–Kier alpha value is -1.50. The lowest BCUT2D eigenvalue weighted by Crippen LogP contribution is -2.51. The van der Waals surface area contributed by atoms with Crippen molar-refractivity contribution < 1.29 is 4.79 Å². The molecule has 4 fully saturated rings. The Morgan fingerprint density at radius 2 is 1.82 bits per heavy atom. The summed E-state index contributed by atoms with van der Waals surface area (Å²) in [6, 6.07) is 0. The number of aromatic nitrogens is 4. The van der Waals surface area contributed by atoms with Crippen LogP contribution in [-0.2, 0) is 4.79 Å². The topological polar surface area (TPSA) is 72.2 Å². The predicted molar refractivity (Wildman–Crippen MR) is 82.6 cm³/mol. The van der Waals surface area contributed by atoms with Gasteiger partial charge >= 0.3 is 0 Å². The molecule has 0 aromatic carbocycles. The van der Waals surface area contributed by atoms with E-state index in [2.05, 4.69) is 20.6 Å². The first-order chi connectivity index (χ1) is 10.6. The van der Waals surface area contributed by atoms with E-state index in [-0.39, 0.29) is 11.3 Å². The van der Waals surface area contributed by atoms with Crippen LogP contribution in [0.5, 0.6) is 0 Å². The van der Waals surface area contributed by atoms with Crippen LogP contribution < -0.4 is 5.32 Å². The van der Waals surface area contributed by atoms with Crippen LogP contribution in [0.1, 0.15) is 44.3 Å². The number of hydrogen-bond donors (Lipinski definition) is 1. The number of carbonyl (C=O) groups is 1. The van der Waals surface area contributed by atoms with Gasteiger partial charge in [0.2, 0.25) is 16.0 Å². The van der Waals surface area contributed by atoms with Crippen molar-refractivity contribution in [2.45, 2.75) is 45.4 Å². The average Bonchev–Trinajstić information content (AvgIpc) is 2.99. The first kappa shape index (κ1) is 13.0. The highest BCUT2D eigenvalue weighted by molar-refractivity contribution is 7.20. The van der Waals surface area contributed by atoms with Gasteiger partial charge in [-0.05, 0) is 63.2 Å². The van der Waals surface area contributed by atoms with E-state index < -0.39 is 0 Å². The molecule has 0 saturated heterocycles. The fraction of sp³-hybridized carbons (Fsp3) is 0.733. The SMILES string of the molecule is Cc1nnc2sc(NC(=O)C34CC5CC(CC(C5)C3)C4)nn12. The third-order valence-electron chi connectivity index (χ3n) is 5.89. The van der Waals surface area contributed by atoms with Crippen molar-refractivity contribution in [3.05, 3.63) is 5.82 Å². The molecule has 0 aliphatic heterocycles.